The van der Waals surface area contributed by atoms with Crippen molar-refractivity contribution >= 4 is 0 Å². The number of nitriles is 1. The van der Waals surface area contributed by atoms with E-state index in [0.717, 1.165) is 5.56 Å². The van der Waals surface area contributed by atoms with Gasteiger partial charge >= 0.3 is 0 Å². The highest BCUT2D eigenvalue weighted by Crippen LogP contribution is 2.07. The minimum absolute atomic E-state index is 0.0190. The van der Waals surface area contributed by atoms with Gasteiger partial charge in [0, 0.05) is 6.42 Å². The summed E-state index contributed by atoms with van der Waals surface area (Å²) in [6, 6.07) is 11.2. The third-order valence-corrected chi connectivity index (χ3v) is 1.61. The molecule has 0 aliphatic carbocycles. The highest BCUT2D eigenvalue weighted by molar-refractivity contribution is 5.15. The number of nitrogens with zero attached hydrogens (tertiary/aromatic N) is 1. The zero-order chi connectivity index (χ0) is 8.81. The number of hydrogen-bond acceptors (Lipinski definition) is 1. The minimum atomic E-state index is -1.03. The van der Waals surface area contributed by atoms with E-state index in [0.29, 0.717) is 6.42 Å². The maximum Gasteiger partial charge on any atom is 0.117 e. The highest BCUT2D eigenvalue weighted by Gasteiger charge is 2.05. The Kier molecular flexibility index (Phi) is 3.28. The van der Waals surface area contributed by atoms with Crippen LogP contribution in [0.4, 0.5) is 4.39 Å². The van der Waals surface area contributed by atoms with E-state index in [1.54, 1.807) is 0 Å². The number of rotatable bonds is 3. The molecule has 0 aliphatic rings. The standard InChI is InChI=1S/C10H10FN/c11-10(6-7-12)8-9-4-2-1-3-5-9/h1-5,10H,6,8H2. The number of benzene rings is 1. The molecule has 0 aromatic heterocycles. The van der Waals surface area contributed by atoms with Crippen molar-refractivity contribution in [3.63, 3.8) is 0 Å². The Bertz CT molecular complexity index is 263. The molecule has 0 heterocycles. The smallest absolute Gasteiger partial charge is 0.117 e. The van der Waals surface area contributed by atoms with E-state index in [2.05, 4.69) is 0 Å². The molecule has 1 aromatic carbocycles. The molecule has 62 valence electrons. The molecule has 0 amide bonds. The fourth-order valence-electron chi connectivity index (χ4n) is 1.04. The molecule has 0 radical (unpaired) electrons. The molecule has 0 saturated heterocycles. The zero-order valence-electron chi connectivity index (χ0n) is 6.70. The van der Waals surface area contributed by atoms with Gasteiger partial charge in [0.2, 0.25) is 0 Å². The fourth-order valence-corrected chi connectivity index (χ4v) is 1.04. The average Bonchev–Trinajstić information content (AvgIpc) is 2.06. The molecule has 0 N–H and O–H groups in total. The van der Waals surface area contributed by atoms with Gasteiger partial charge in [0.15, 0.2) is 0 Å². The van der Waals surface area contributed by atoms with Crippen molar-refractivity contribution < 1.29 is 4.39 Å². The summed E-state index contributed by atoms with van der Waals surface area (Å²) in [7, 11) is 0. The average molecular weight is 163 g/mol. The normalized spacial score (nSPS) is 12.0. The van der Waals surface area contributed by atoms with Crippen molar-refractivity contribution in [1.82, 2.24) is 0 Å². The van der Waals surface area contributed by atoms with Crippen LogP contribution in [0.25, 0.3) is 0 Å². The molecule has 1 unspecified atom stereocenters. The molecule has 12 heavy (non-hydrogen) atoms. The highest BCUT2D eigenvalue weighted by atomic mass is 19.1. The van der Waals surface area contributed by atoms with Crippen LogP contribution in [0.5, 0.6) is 0 Å². The van der Waals surface area contributed by atoms with E-state index >= 15 is 0 Å². The Morgan fingerprint density at radius 3 is 2.58 bits per heavy atom. The van der Waals surface area contributed by atoms with Gasteiger partial charge in [-0.15, -0.1) is 0 Å². The molecule has 0 bridgehead atoms. The molecule has 1 atom stereocenters. The lowest BCUT2D eigenvalue weighted by Gasteiger charge is -2.02. The van der Waals surface area contributed by atoms with E-state index in [1.165, 1.54) is 0 Å². The van der Waals surface area contributed by atoms with Crippen LogP contribution in [-0.4, -0.2) is 6.17 Å². The Hall–Kier alpha value is -1.36. The third kappa shape index (κ3) is 2.71. The summed E-state index contributed by atoms with van der Waals surface area (Å²) in [5.41, 5.74) is 0.945. The molecule has 0 spiro atoms. The molecular formula is C10H10FN. The van der Waals surface area contributed by atoms with Gasteiger partial charge < -0.3 is 0 Å². The molecule has 0 fully saturated rings. The predicted octanol–water partition coefficient (Wildman–Crippen LogP) is 2.48. The molecule has 0 saturated carbocycles. The summed E-state index contributed by atoms with van der Waals surface area (Å²) >= 11 is 0. The van der Waals surface area contributed by atoms with Crippen molar-refractivity contribution in [2.75, 3.05) is 0 Å². The molecule has 0 aliphatic heterocycles. The predicted molar refractivity (Wildman–Crippen MR) is 45.3 cm³/mol. The summed E-state index contributed by atoms with van der Waals surface area (Å²) in [4.78, 5) is 0. The summed E-state index contributed by atoms with van der Waals surface area (Å²) in [5.74, 6) is 0. The van der Waals surface area contributed by atoms with Gasteiger partial charge in [0.25, 0.3) is 0 Å². The Morgan fingerprint density at radius 1 is 1.33 bits per heavy atom. The van der Waals surface area contributed by atoms with Crippen LogP contribution in [0, 0.1) is 11.3 Å². The summed E-state index contributed by atoms with van der Waals surface area (Å²) in [6.07, 6.45) is -0.707. The van der Waals surface area contributed by atoms with Crippen molar-refractivity contribution in [3.8, 4) is 6.07 Å². The zero-order valence-corrected chi connectivity index (χ0v) is 6.70. The van der Waals surface area contributed by atoms with Crippen LogP contribution in [0.1, 0.15) is 12.0 Å². The van der Waals surface area contributed by atoms with Gasteiger partial charge in [-0.2, -0.15) is 5.26 Å². The Labute approximate surface area is 71.4 Å². The molecular weight excluding hydrogens is 153 g/mol. The van der Waals surface area contributed by atoms with Gasteiger partial charge in [-0.05, 0) is 5.56 Å². The van der Waals surface area contributed by atoms with E-state index in [1.807, 2.05) is 36.4 Å². The largest absolute Gasteiger partial charge is 0.246 e. The van der Waals surface area contributed by atoms with Crippen molar-refractivity contribution in [3.05, 3.63) is 35.9 Å². The van der Waals surface area contributed by atoms with Gasteiger partial charge in [-0.3, -0.25) is 0 Å². The van der Waals surface area contributed by atoms with Crippen molar-refractivity contribution in [2.45, 2.75) is 19.0 Å². The van der Waals surface area contributed by atoms with Crippen LogP contribution in [0.15, 0.2) is 30.3 Å². The second-order valence-electron chi connectivity index (χ2n) is 2.65. The maximum atomic E-state index is 12.9. The van der Waals surface area contributed by atoms with Crippen LogP contribution < -0.4 is 0 Å². The van der Waals surface area contributed by atoms with Gasteiger partial charge in [-0.25, -0.2) is 4.39 Å². The third-order valence-electron chi connectivity index (χ3n) is 1.61. The molecule has 1 rings (SSSR count). The first-order valence-electron chi connectivity index (χ1n) is 3.88. The topological polar surface area (TPSA) is 23.8 Å². The number of halogens is 1. The van der Waals surface area contributed by atoms with Crippen LogP contribution in [0.3, 0.4) is 0 Å². The maximum absolute atomic E-state index is 12.9. The van der Waals surface area contributed by atoms with Crippen molar-refractivity contribution in [2.24, 2.45) is 0 Å². The number of hydrogen-bond donors (Lipinski definition) is 0. The summed E-state index contributed by atoms with van der Waals surface area (Å²) < 4.78 is 12.9. The van der Waals surface area contributed by atoms with E-state index in [-0.39, 0.29) is 6.42 Å². The lowest BCUT2D eigenvalue weighted by molar-refractivity contribution is 0.337. The van der Waals surface area contributed by atoms with E-state index in [9.17, 15) is 4.39 Å². The second kappa shape index (κ2) is 4.50. The Morgan fingerprint density at radius 2 is 2.00 bits per heavy atom. The lowest BCUT2D eigenvalue weighted by Crippen LogP contribution is -2.02. The van der Waals surface area contributed by atoms with Gasteiger partial charge in [-0.1, -0.05) is 30.3 Å². The Balaban J connectivity index is 2.48. The lowest BCUT2D eigenvalue weighted by atomic mass is 10.1. The van der Waals surface area contributed by atoms with Gasteiger partial charge in [0.1, 0.15) is 6.17 Å². The van der Waals surface area contributed by atoms with E-state index < -0.39 is 6.17 Å². The van der Waals surface area contributed by atoms with Crippen LogP contribution >= 0.6 is 0 Å². The minimum Gasteiger partial charge on any atom is -0.246 e. The van der Waals surface area contributed by atoms with Crippen LogP contribution in [0.2, 0.25) is 0 Å². The first kappa shape index (κ1) is 8.73. The second-order valence-corrected chi connectivity index (χ2v) is 2.65. The molecule has 1 nitrogen and oxygen atoms in total. The van der Waals surface area contributed by atoms with Crippen molar-refractivity contribution in [1.29, 1.82) is 5.26 Å². The summed E-state index contributed by atoms with van der Waals surface area (Å²) in [6.45, 7) is 0. The first-order chi connectivity index (χ1) is 5.83. The SMILES string of the molecule is N#CCC(F)Cc1ccccc1. The van der Waals surface area contributed by atoms with E-state index in [4.69, 9.17) is 5.26 Å². The number of alkyl halides is 1. The van der Waals surface area contributed by atoms with Crippen LogP contribution in [-0.2, 0) is 6.42 Å². The quantitative estimate of drug-likeness (QED) is 0.671. The summed E-state index contributed by atoms with van der Waals surface area (Å²) in [5, 5.41) is 8.22. The first-order valence-corrected chi connectivity index (χ1v) is 3.88. The fraction of sp³-hybridized carbons (Fsp3) is 0.300. The monoisotopic (exact) mass is 163 g/mol. The van der Waals surface area contributed by atoms with Gasteiger partial charge in [0.05, 0.1) is 12.5 Å². The molecule has 1 aromatic rings. The molecule has 2 heteroatoms.